The van der Waals surface area contributed by atoms with Crippen molar-refractivity contribution in [1.82, 2.24) is 24.6 Å². The molecule has 6 heteroatoms. The molecule has 4 rings (SSSR count). The normalized spacial score (nSPS) is 14.7. The lowest BCUT2D eigenvalue weighted by molar-refractivity contribution is 1.07. The number of rotatable bonds is 3. The number of pyridine rings is 1. The highest BCUT2D eigenvalue weighted by molar-refractivity contribution is 5.62. The highest BCUT2D eigenvalue weighted by atomic mass is 15.3. The van der Waals surface area contributed by atoms with Crippen LogP contribution in [0.1, 0.15) is 12.8 Å². The molecule has 0 aliphatic heterocycles. The monoisotopic (exact) mass is 252 g/mol. The summed E-state index contributed by atoms with van der Waals surface area (Å²) in [5.41, 5.74) is 1.78. The molecule has 0 spiro atoms. The van der Waals surface area contributed by atoms with Gasteiger partial charge < -0.3 is 5.32 Å². The van der Waals surface area contributed by atoms with Gasteiger partial charge in [-0.25, -0.2) is 9.97 Å². The first-order chi connectivity index (χ1) is 9.40. The number of nitrogens with zero attached hydrogens (tertiary/aromatic N) is 5. The highest BCUT2D eigenvalue weighted by Gasteiger charge is 2.21. The van der Waals surface area contributed by atoms with Crippen LogP contribution in [-0.2, 0) is 0 Å². The first-order valence-electron chi connectivity index (χ1n) is 6.28. The van der Waals surface area contributed by atoms with E-state index in [0.717, 1.165) is 22.9 Å². The van der Waals surface area contributed by atoms with Gasteiger partial charge in [-0.1, -0.05) is 0 Å². The summed E-state index contributed by atoms with van der Waals surface area (Å²) in [6.07, 6.45) is 7.67. The minimum Gasteiger partial charge on any atom is -0.367 e. The smallest absolute Gasteiger partial charge is 0.169 e. The Morgan fingerprint density at radius 3 is 3.00 bits per heavy atom. The summed E-state index contributed by atoms with van der Waals surface area (Å²) < 4.78 is 1.87. The molecule has 3 aromatic heterocycles. The fourth-order valence-corrected chi connectivity index (χ4v) is 2.03. The lowest BCUT2D eigenvalue weighted by Crippen LogP contribution is -2.03. The van der Waals surface area contributed by atoms with Gasteiger partial charge in [-0.05, 0) is 25.0 Å². The van der Waals surface area contributed by atoms with Gasteiger partial charge in [0.05, 0.1) is 0 Å². The van der Waals surface area contributed by atoms with E-state index in [1.54, 1.807) is 18.7 Å². The van der Waals surface area contributed by atoms with Crippen molar-refractivity contribution in [3.05, 3.63) is 36.9 Å². The maximum Gasteiger partial charge on any atom is 0.169 e. The van der Waals surface area contributed by atoms with Crippen molar-refractivity contribution >= 4 is 11.5 Å². The van der Waals surface area contributed by atoms with E-state index in [1.807, 2.05) is 22.6 Å². The zero-order chi connectivity index (χ0) is 12.7. The molecule has 1 N–H and O–H groups in total. The summed E-state index contributed by atoms with van der Waals surface area (Å²) in [5, 5.41) is 11.7. The van der Waals surface area contributed by atoms with E-state index in [2.05, 4.69) is 25.5 Å². The Labute approximate surface area is 109 Å². The Kier molecular flexibility index (Phi) is 2.20. The highest BCUT2D eigenvalue weighted by Crippen LogP contribution is 2.26. The zero-order valence-corrected chi connectivity index (χ0v) is 10.2. The molecule has 0 atom stereocenters. The fraction of sp³-hybridized carbons (Fsp3) is 0.231. The predicted octanol–water partition coefficient (Wildman–Crippen LogP) is 1.76. The molecule has 0 radical (unpaired) electrons. The molecule has 6 nitrogen and oxygen atoms in total. The van der Waals surface area contributed by atoms with Crippen molar-refractivity contribution in [2.45, 2.75) is 18.9 Å². The minimum absolute atomic E-state index is 0.583. The molecule has 0 amide bonds. The average molecular weight is 252 g/mol. The van der Waals surface area contributed by atoms with Gasteiger partial charge in [-0.2, -0.15) is 0 Å². The van der Waals surface area contributed by atoms with Gasteiger partial charge in [0.25, 0.3) is 0 Å². The van der Waals surface area contributed by atoms with E-state index in [1.165, 1.54) is 12.8 Å². The minimum atomic E-state index is 0.583. The number of fused-ring (bicyclic) bond motifs is 1. The van der Waals surface area contributed by atoms with Crippen LogP contribution in [0.15, 0.2) is 36.9 Å². The van der Waals surface area contributed by atoms with Gasteiger partial charge in [0, 0.05) is 30.1 Å². The SMILES string of the molecule is c1cc2nnc(-c3ccnc(NC4CC4)c3)n2cn1. The van der Waals surface area contributed by atoms with E-state index in [0.29, 0.717) is 6.04 Å². The topological polar surface area (TPSA) is 68.0 Å². The van der Waals surface area contributed by atoms with E-state index in [9.17, 15) is 0 Å². The second-order valence-electron chi connectivity index (χ2n) is 4.68. The quantitative estimate of drug-likeness (QED) is 0.769. The molecular weight excluding hydrogens is 240 g/mol. The summed E-state index contributed by atoms with van der Waals surface area (Å²) in [7, 11) is 0. The number of hydrogen-bond acceptors (Lipinski definition) is 5. The molecule has 3 aromatic rings. The standard InChI is InChI=1S/C13H12N6/c1-2-10(1)16-11-7-9(3-6-15-11)13-18-17-12-4-5-14-8-19(12)13/h3-8,10H,1-2H2,(H,15,16). The molecule has 0 bridgehead atoms. The van der Waals surface area contributed by atoms with Gasteiger partial charge in [0.2, 0.25) is 0 Å². The Hall–Kier alpha value is -2.50. The van der Waals surface area contributed by atoms with Crippen molar-refractivity contribution in [1.29, 1.82) is 0 Å². The molecule has 1 aliphatic rings. The second-order valence-corrected chi connectivity index (χ2v) is 4.68. The number of anilines is 1. The molecule has 0 unspecified atom stereocenters. The van der Waals surface area contributed by atoms with Crippen molar-refractivity contribution < 1.29 is 0 Å². The second kappa shape index (κ2) is 4.01. The van der Waals surface area contributed by atoms with Crippen LogP contribution in [0.5, 0.6) is 0 Å². The summed E-state index contributed by atoms with van der Waals surface area (Å²) >= 11 is 0. The van der Waals surface area contributed by atoms with Crippen LogP contribution in [0.2, 0.25) is 0 Å². The van der Waals surface area contributed by atoms with E-state index in [-0.39, 0.29) is 0 Å². The van der Waals surface area contributed by atoms with Crippen LogP contribution >= 0.6 is 0 Å². The first-order valence-corrected chi connectivity index (χ1v) is 6.28. The summed E-state index contributed by atoms with van der Waals surface area (Å²) in [6.45, 7) is 0. The molecule has 1 aliphatic carbocycles. The first kappa shape index (κ1) is 10.4. The lowest BCUT2D eigenvalue weighted by Gasteiger charge is -2.05. The van der Waals surface area contributed by atoms with E-state index < -0.39 is 0 Å². The summed E-state index contributed by atoms with van der Waals surface area (Å²) in [6, 6.07) is 6.35. The molecule has 0 saturated heterocycles. The Morgan fingerprint density at radius 2 is 2.11 bits per heavy atom. The van der Waals surface area contributed by atoms with Crippen LogP contribution in [-0.4, -0.2) is 30.6 Å². The van der Waals surface area contributed by atoms with Gasteiger partial charge >= 0.3 is 0 Å². The third-order valence-electron chi connectivity index (χ3n) is 3.16. The van der Waals surface area contributed by atoms with Gasteiger partial charge in [0.1, 0.15) is 12.1 Å². The van der Waals surface area contributed by atoms with E-state index >= 15 is 0 Å². The largest absolute Gasteiger partial charge is 0.367 e. The van der Waals surface area contributed by atoms with E-state index in [4.69, 9.17) is 0 Å². The Morgan fingerprint density at radius 1 is 1.16 bits per heavy atom. The molecule has 94 valence electrons. The molecule has 0 aromatic carbocycles. The Bertz CT molecular complexity index is 731. The molecular formula is C13H12N6. The molecule has 1 fully saturated rings. The lowest BCUT2D eigenvalue weighted by atomic mass is 10.2. The molecule has 19 heavy (non-hydrogen) atoms. The van der Waals surface area contributed by atoms with Crippen molar-refractivity contribution in [3.8, 4) is 11.4 Å². The predicted molar refractivity (Wildman–Crippen MR) is 70.7 cm³/mol. The third kappa shape index (κ3) is 1.91. The van der Waals surface area contributed by atoms with Crippen LogP contribution in [0, 0.1) is 0 Å². The van der Waals surface area contributed by atoms with Gasteiger partial charge in [0.15, 0.2) is 11.5 Å². The zero-order valence-electron chi connectivity index (χ0n) is 10.2. The number of hydrogen-bond donors (Lipinski definition) is 1. The van der Waals surface area contributed by atoms with Gasteiger partial charge in [-0.3, -0.25) is 4.40 Å². The van der Waals surface area contributed by atoms with Crippen LogP contribution < -0.4 is 5.32 Å². The van der Waals surface area contributed by atoms with Crippen LogP contribution in [0.25, 0.3) is 17.0 Å². The third-order valence-corrected chi connectivity index (χ3v) is 3.16. The fourth-order valence-electron chi connectivity index (χ4n) is 2.03. The number of nitrogens with one attached hydrogen (secondary N) is 1. The van der Waals surface area contributed by atoms with Crippen LogP contribution in [0.3, 0.4) is 0 Å². The number of aromatic nitrogens is 5. The maximum atomic E-state index is 4.33. The van der Waals surface area contributed by atoms with Gasteiger partial charge in [-0.15, -0.1) is 10.2 Å². The van der Waals surface area contributed by atoms with Crippen LogP contribution in [0.4, 0.5) is 5.82 Å². The van der Waals surface area contributed by atoms with Crippen molar-refractivity contribution in [3.63, 3.8) is 0 Å². The summed E-state index contributed by atoms with van der Waals surface area (Å²) in [4.78, 5) is 8.43. The van der Waals surface area contributed by atoms with Crippen molar-refractivity contribution in [2.24, 2.45) is 0 Å². The van der Waals surface area contributed by atoms with Crippen molar-refractivity contribution in [2.75, 3.05) is 5.32 Å². The average Bonchev–Trinajstić information content (AvgIpc) is 3.16. The Balaban J connectivity index is 1.78. The molecule has 3 heterocycles. The summed E-state index contributed by atoms with van der Waals surface area (Å²) in [5.74, 6) is 1.67. The maximum absolute atomic E-state index is 4.33. The molecule has 1 saturated carbocycles.